The second kappa shape index (κ2) is 7.40. The van der Waals surface area contributed by atoms with Crippen LogP contribution in [-0.4, -0.2) is 25.9 Å². The van der Waals surface area contributed by atoms with Crippen LogP contribution in [0.2, 0.25) is 0 Å². The molecule has 1 amide bonds. The van der Waals surface area contributed by atoms with Crippen molar-refractivity contribution < 1.29 is 23.4 Å². The minimum absolute atomic E-state index is 0.179. The lowest BCUT2D eigenvalue weighted by atomic mass is 10.1. The highest BCUT2D eigenvalue weighted by atomic mass is 16.7. The molecule has 6 heteroatoms. The molecule has 1 aromatic heterocycles. The van der Waals surface area contributed by atoms with E-state index in [9.17, 15) is 4.79 Å². The first-order valence-corrected chi connectivity index (χ1v) is 7.95. The molecule has 1 atom stereocenters. The molecular weight excluding hydrogens is 310 g/mol. The molecule has 0 unspecified atom stereocenters. The Kier molecular flexibility index (Phi) is 5.05. The molecule has 6 nitrogen and oxygen atoms in total. The maximum absolute atomic E-state index is 12.5. The fraction of sp³-hybridized carbons (Fsp3) is 0.389. The minimum atomic E-state index is -0.350. The maximum atomic E-state index is 12.5. The Morgan fingerprint density at radius 1 is 1.21 bits per heavy atom. The summed E-state index contributed by atoms with van der Waals surface area (Å²) in [5, 5.41) is 2.95. The van der Waals surface area contributed by atoms with Gasteiger partial charge in [0.2, 0.25) is 6.79 Å². The molecule has 0 saturated heterocycles. The molecule has 0 fully saturated rings. The number of carbonyl (C=O) groups is 1. The zero-order valence-electron chi connectivity index (χ0n) is 13.8. The normalized spacial score (nSPS) is 14.0. The lowest BCUT2D eigenvalue weighted by Crippen LogP contribution is -2.31. The fourth-order valence-corrected chi connectivity index (χ4v) is 2.39. The summed E-state index contributed by atoms with van der Waals surface area (Å²) in [6, 6.07) is 8.37. The molecule has 0 bridgehead atoms. The first-order chi connectivity index (χ1) is 11.6. The standard InChI is InChI=1S/C18H21NO5/c1-12(2)9-21-10-14(15-4-3-7-22-15)19-18(20)13-5-6-16-17(8-13)24-11-23-16/h3-8,12,14H,9-11H2,1-2H3,(H,19,20)/t14-/m0/s1. The highest BCUT2D eigenvalue weighted by Crippen LogP contribution is 2.32. The van der Waals surface area contributed by atoms with Gasteiger partial charge < -0.3 is 23.9 Å². The third-order valence-corrected chi connectivity index (χ3v) is 3.56. The summed E-state index contributed by atoms with van der Waals surface area (Å²) < 4.78 is 21.7. The maximum Gasteiger partial charge on any atom is 0.252 e. The van der Waals surface area contributed by atoms with Gasteiger partial charge in [-0.2, -0.15) is 0 Å². The van der Waals surface area contributed by atoms with E-state index in [1.54, 1.807) is 30.5 Å². The van der Waals surface area contributed by atoms with Crippen molar-refractivity contribution in [3.8, 4) is 11.5 Å². The van der Waals surface area contributed by atoms with Crippen LogP contribution in [0.15, 0.2) is 41.0 Å². The van der Waals surface area contributed by atoms with Gasteiger partial charge in [0.15, 0.2) is 11.5 Å². The van der Waals surface area contributed by atoms with Gasteiger partial charge in [-0.05, 0) is 36.2 Å². The van der Waals surface area contributed by atoms with E-state index >= 15 is 0 Å². The van der Waals surface area contributed by atoms with Crippen LogP contribution in [0.1, 0.15) is 36.0 Å². The minimum Gasteiger partial charge on any atom is -0.467 e. The van der Waals surface area contributed by atoms with Crippen LogP contribution < -0.4 is 14.8 Å². The molecule has 0 spiro atoms. The average molecular weight is 331 g/mol. The number of furan rings is 1. The van der Waals surface area contributed by atoms with Gasteiger partial charge in [-0.15, -0.1) is 0 Å². The van der Waals surface area contributed by atoms with E-state index in [0.29, 0.717) is 42.0 Å². The van der Waals surface area contributed by atoms with E-state index in [2.05, 4.69) is 19.2 Å². The average Bonchev–Trinajstić information content (AvgIpc) is 3.24. The smallest absolute Gasteiger partial charge is 0.252 e. The van der Waals surface area contributed by atoms with Crippen molar-refractivity contribution in [2.24, 2.45) is 5.92 Å². The van der Waals surface area contributed by atoms with Crippen molar-refractivity contribution in [3.05, 3.63) is 47.9 Å². The summed E-state index contributed by atoms with van der Waals surface area (Å²) in [6.45, 7) is 5.30. The molecule has 2 heterocycles. The molecule has 2 aromatic rings. The van der Waals surface area contributed by atoms with Crippen molar-refractivity contribution in [3.63, 3.8) is 0 Å². The Morgan fingerprint density at radius 2 is 2.04 bits per heavy atom. The summed E-state index contributed by atoms with van der Waals surface area (Å²) in [4.78, 5) is 12.5. The van der Waals surface area contributed by atoms with E-state index in [4.69, 9.17) is 18.6 Å². The SMILES string of the molecule is CC(C)COC[C@H](NC(=O)c1ccc2c(c1)OCO2)c1ccco1. The van der Waals surface area contributed by atoms with Crippen LogP contribution in [0, 0.1) is 5.92 Å². The lowest BCUT2D eigenvalue weighted by molar-refractivity contribution is 0.0730. The van der Waals surface area contributed by atoms with Gasteiger partial charge in [0.25, 0.3) is 5.91 Å². The monoisotopic (exact) mass is 331 g/mol. The number of hydrogen-bond acceptors (Lipinski definition) is 5. The predicted molar refractivity (Wildman–Crippen MR) is 87.1 cm³/mol. The van der Waals surface area contributed by atoms with Gasteiger partial charge in [0.1, 0.15) is 11.8 Å². The zero-order valence-corrected chi connectivity index (χ0v) is 13.8. The molecule has 1 N–H and O–H groups in total. The Hall–Kier alpha value is -2.47. The molecule has 128 valence electrons. The Bertz CT molecular complexity index is 681. The number of nitrogens with one attached hydrogen (secondary N) is 1. The van der Waals surface area contributed by atoms with Gasteiger partial charge in [-0.25, -0.2) is 0 Å². The van der Waals surface area contributed by atoms with E-state index < -0.39 is 0 Å². The molecule has 3 rings (SSSR count). The fourth-order valence-electron chi connectivity index (χ4n) is 2.39. The number of hydrogen-bond donors (Lipinski definition) is 1. The third kappa shape index (κ3) is 3.89. The molecule has 1 aliphatic rings. The van der Waals surface area contributed by atoms with Gasteiger partial charge in [-0.3, -0.25) is 4.79 Å². The zero-order chi connectivity index (χ0) is 16.9. The largest absolute Gasteiger partial charge is 0.467 e. The number of amides is 1. The van der Waals surface area contributed by atoms with Gasteiger partial charge in [0.05, 0.1) is 12.9 Å². The number of rotatable bonds is 7. The predicted octanol–water partition coefficient (Wildman–Crippen LogP) is 3.15. The highest BCUT2D eigenvalue weighted by molar-refractivity contribution is 5.95. The van der Waals surface area contributed by atoms with E-state index in [1.807, 2.05) is 6.07 Å². The van der Waals surface area contributed by atoms with Crippen LogP contribution in [0.5, 0.6) is 11.5 Å². The number of carbonyl (C=O) groups excluding carboxylic acids is 1. The Balaban J connectivity index is 1.68. The first kappa shape index (κ1) is 16.4. The van der Waals surface area contributed by atoms with Crippen molar-refractivity contribution in [2.45, 2.75) is 19.9 Å². The summed E-state index contributed by atoms with van der Waals surface area (Å²) in [5.74, 6) is 2.09. The van der Waals surface area contributed by atoms with Gasteiger partial charge in [-0.1, -0.05) is 13.8 Å². The molecule has 1 aromatic carbocycles. The second-order valence-electron chi connectivity index (χ2n) is 6.04. The highest BCUT2D eigenvalue weighted by Gasteiger charge is 2.21. The van der Waals surface area contributed by atoms with Crippen LogP contribution in [0.3, 0.4) is 0 Å². The third-order valence-electron chi connectivity index (χ3n) is 3.56. The second-order valence-corrected chi connectivity index (χ2v) is 6.04. The van der Waals surface area contributed by atoms with Crippen molar-refractivity contribution in [1.82, 2.24) is 5.32 Å². The van der Waals surface area contributed by atoms with Crippen molar-refractivity contribution in [1.29, 1.82) is 0 Å². The van der Waals surface area contributed by atoms with Crippen LogP contribution in [0.25, 0.3) is 0 Å². The summed E-state index contributed by atoms with van der Waals surface area (Å²) >= 11 is 0. The van der Waals surface area contributed by atoms with E-state index in [0.717, 1.165) is 0 Å². The number of benzene rings is 1. The number of fused-ring (bicyclic) bond motifs is 1. The van der Waals surface area contributed by atoms with Crippen molar-refractivity contribution >= 4 is 5.91 Å². The molecule has 1 aliphatic heterocycles. The molecule has 0 saturated carbocycles. The quantitative estimate of drug-likeness (QED) is 0.844. The molecule has 0 aliphatic carbocycles. The topological polar surface area (TPSA) is 69.9 Å². The van der Waals surface area contributed by atoms with E-state index in [1.165, 1.54) is 0 Å². The Labute approximate surface area is 140 Å². The molecule has 0 radical (unpaired) electrons. The van der Waals surface area contributed by atoms with Crippen LogP contribution in [0.4, 0.5) is 0 Å². The van der Waals surface area contributed by atoms with E-state index in [-0.39, 0.29) is 18.7 Å². The Morgan fingerprint density at radius 3 is 2.79 bits per heavy atom. The summed E-state index contributed by atoms with van der Waals surface area (Å²) in [7, 11) is 0. The van der Waals surface area contributed by atoms with Gasteiger partial charge in [0, 0.05) is 12.2 Å². The first-order valence-electron chi connectivity index (χ1n) is 7.95. The summed E-state index contributed by atoms with van der Waals surface area (Å²) in [6.07, 6.45) is 1.58. The van der Waals surface area contributed by atoms with Gasteiger partial charge >= 0.3 is 0 Å². The van der Waals surface area contributed by atoms with Crippen LogP contribution in [-0.2, 0) is 4.74 Å². The molecule has 24 heavy (non-hydrogen) atoms. The number of ether oxygens (including phenoxy) is 3. The van der Waals surface area contributed by atoms with Crippen molar-refractivity contribution in [2.75, 3.05) is 20.0 Å². The van der Waals surface area contributed by atoms with Crippen LogP contribution >= 0.6 is 0 Å². The summed E-state index contributed by atoms with van der Waals surface area (Å²) in [5.41, 5.74) is 0.500. The molecular formula is C18H21NO5. The lowest BCUT2D eigenvalue weighted by Gasteiger charge is -2.18.